The van der Waals surface area contributed by atoms with Gasteiger partial charge < -0.3 is 11.3 Å². The van der Waals surface area contributed by atoms with Gasteiger partial charge in [-0.2, -0.15) is 8.42 Å². The Balaban J connectivity index is -0.000000126. The number of carbonyl (C=O) groups is 1. The quantitative estimate of drug-likeness (QED) is 0.348. The van der Waals surface area contributed by atoms with Crippen molar-refractivity contribution in [2.45, 2.75) is 6.92 Å². The van der Waals surface area contributed by atoms with E-state index in [0.29, 0.717) is 0 Å². The van der Waals surface area contributed by atoms with Crippen LogP contribution in [-0.4, -0.2) is 28.6 Å². The van der Waals surface area contributed by atoms with E-state index in [0.717, 1.165) is 0 Å². The Morgan fingerprint density at radius 3 is 1.42 bits per heavy atom. The first-order chi connectivity index (χ1) is 4.64. The van der Waals surface area contributed by atoms with Gasteiger partial charge in [0.25, 0.3) is 0 Å². The summed E-state index contributed by atoms with van der Waals surface area (Å²) in [5.74, 6) is -0.935. The van der Waals surface area contributed by atoms with Crippen LogP contribution >= 0.6 is 0 Å². The number of rotatable bonds is 1. The molecule has 0 unspecified atom stereocenters. The molecule has 0 bridgehead atoms. The van der Waals surface area contributed by atoms with Crippen molar-refractivity contribution in [2.24, 2.45) is 0 Å². The lowest BCUT2D eigenvalue weighted by Crippen LogP contribution is -1.92. The van der Waals surface area contributed by atoms with E-state index >= 15 is 0 Å². The third-order valence-corrected chi connectivity index (χ3v) is 0.365. The largest absolute Gasteiger partial charge is 0.478 e. The minimum atomic E-state index is -4.67. The molecule has 0 aromatic carbocycles. The molecule has 0 amide bonds. The first-order valence-electron chi connectivity index (χ1n) is 2.23. The number of hydrogen-bond donors (Lipinski definition) is 4. The molecule has 0 aliphatic rings. The molecular formula is C4H11NO6S. The molecule has 0 atom stereocenters. The molecule has 0 aliphatic heterocycles. The van der Waals surface area contributed by atoms with Crippen LogP contribution in [0.5, 0.6) is 0 Å². The molecule has 0 radical (unpaired) electrons. The predicted octanol–water partition coefficient (Wildman–Crippen LogP) is 0.156. The van der Waals surface area contributed by atoms with Crippen LogP contribution in [0.4, 0.5) is 0 Å². The number of carboxylic acid groups (broad SMARTS) is 1. The Kier molecular flexibility index (Phi) is 9.66. The molecule has 74 valence electrons. The zero-order valence-electron chi connectivity index (χ0n) is 6.39. The Morgan fingerprint density at radius 1 is 1.33 bits per heavy atom. The molecule has 7 nitrogen and oxygen atoms in total. The van der Waals surface area contributed by atoms with Gasteiger partial charge in [-0.15, -0.1) is 0 Å². The van der Waals surface area contributed by atoms with Crippen molar-refractivity contribution >= 4 is 16.4 Å². The van der Waals surface area contributed by atoms with E-state index in [1.807, 2.05) is 0 Å². The highest BCUT2D eigenvalue weighted by molar-refractivity contribution is 7.79. The van der Waals surface area contributed by atoms with Crippen molar-refractivity contribution in [1.82, 2.24) is 6.15 Å². The Labute approximate surface area is 69.9 Å². The third-order valence-electron chi connectivity index (χ3n) is 0.365. The third kappa shape index (κ3) is 63.2. The van der Waals surface area contributed by atoms with Crippen molar-refractivity contribution in [2.75, 3.05) is 0 Å². The molecule has 0 saturated heterocycles. The fourth-order valence-corrected chi connectivity index (χ4v) is 0. The average Bonchev–Trinajstić information content (AvgIpc) is 1.59. The maximum Gasteiger partial charge on any atom is 0.394 e. The summed E-state index contributed by atoms with van der Waals surface area (Å²) in [6, 6.07) is 0. The molecule has 0 aromatic heterocycles. The van der Waals surface area contributed by atoms with E-state index in [1.54, 1.807) is 0 Å². The first kappa shape index (κ1) is 17.2. The summed E-state index contributed by atoms with van der Waals surface area (Å²) >= 11 is 0. The van der Waals surface area contributed by atoms with E-state index in [4.69, 9.17) is 22.6 Å². The second kappa shape index (κ2) is 6.73. The van der Waals surface area contributed by atoms with Gasteiger partial charge in [0.05, 0.1) is 0 Å². The van der Waals surface area contributed by atoms with E-state index in [-0.39, 0.29) is 11.7 Å². The molecule has 12 heavy (non-hydrogen) atoms. The summed E-state index contributed by atoms with van der Waals surface area (Å²) in [5.41, 5.74) is 0.176. The van der Waals surface area contributed by atoms with Gasteiger partial charge in [-0.1, -0.05) is 6.58 Å². The molecule has 8 heteroatoms. The van der Waals surface area contributed by atoms with Crippen LogP contribution in [0.15, 0.2) is 12.2 Å². The zero-order valence-corrected chi connectivity index (χ0v) is 7.21. The summed E-state index contributed by atoms with van der Waals surface area (Å²) in [6.45, 7) is 4.60. The van der Waals surface area contributed by atoms with Crippen LogP contribution in [-0.2, 0) is 15.2 Å². The molecule has 0 rings (SSSR count). The smallest absolute Gasteiger partial charge is 0.394 e. The highest BCUT2D eigenvalue weighted by Crippen LogP contribution is 1.81. The first-order valence-corrected chi connectivity index (χ1v) is 3.63. The maximum absolute atomic E-state index is 9.60. The van der Waals surface area contributed by atoms with Crippen molar-refractivity contribution in [3.8, 4) is 0 Å². The van der Waals surface area contributed by atoms with Crippen molar-refractivity contribution in [3.05, 3.63) is 12.2 Å². The van der Waals surface area contributed by atoms with Gasteiger partial charge in [0.15, 0.2) is 0 Å². The van der Waals surface area contributed by atoms with Crippen LogP contribution in [0.3, 0.4) is 0 Å². The minimum absolute atomic E-state index is 0. The van der Waals surface area contributed by atoms with E-state index in [9.17, 15) is 4.79 Å². The highest BCUT2D eigenvalue weighted by atomic mass is 32.3. The lowest BCUT2D eigenvalue weighted by molar-refractivity contribution is -0.132. The molecule has 0 fully saturated rings. The van der Waals surface area contributed by atoms with E-state index < -0.39 is 16.4 Å². The van der Waals surface area contributed by atoms with Gasteiger partial charge in [-0.3, -0.25) is 9.11 Å². The highest BCUT2D eigenvalue weighted by Gasteiger charge is 1.90. The standard InChI is InChI=1S/C4H6O2.H3N.H2O4S/c1-3(2)4(5)6;;1-5(2,3)4/h1H2,2H3,(H,5,6);1H3;(H2,1,2,3,4). The van der Waals surface area contributed by atoms with E-state index in [2.05, 4.69) is 6.58 Å². The monoisotopic (exact) mass is 201 g/mol. The molecule has 6 N–H and O–H groups in total. The van der Waals surface area contributed by atoms with Crippen molar-refractivity contribution < 1.29 is 27.4 Å². The van der Waals surface area contributed by atoms with Gasteiger partial charge in [-0.05, 0) is 6.92 Å². The van der Waals surface area contributed by atoms with Crippen molar-refractivity contribution in [1.29, 1.82) is 0 Å². The fourth-order valence-electron chi connectivity index (χ4n) is 0. The molecular weight excluding hydrogens is 190 g/mol. The Morgan fingerprint density at radius 2 is 1.42 bits per heavy atom. The fraction of sp³-hybridized carbons (Fsp3) is 0.250. The number of hydrogen-bond acceptors (Lipinski definition) is 4. The molecule has 0 saturated carbocycles. The normalized spacial score (nSPS) is 8.58. The lowest BCUT2D eigenvalue weighted by Gasteiger charge is -1.79. The van der Waals surface area contributed by atoms with Crippen molar-refractivity contribution in [3.63, 3.8) is 0 Å². The summed E-state index contributed by atoms with van der Waals surface area (Å²) < 4.78 is 31.6. The number of aliphatic carboxylic acids is 1. The Hall–Kier alpha value is -0.960. The lowest BCUT2D eigenvalue weighted by atomic mass is 10.4. The summed E-state index contributed by atoms with van der Waals surface area (Å²) in [6.07, 6.45) is 0. The van der Waals surface area contributed by atoms with Crippen LogP contribution in [0.25, 0.3) is 0 Å². The second-order valence-electron chi connectivity index (χ2n) is 1.53. The topological polar surface area (TPSA) is 147 Å². The Bertz CT molecular complexity index is 222. The van der Waals surface area contributed by atoms with Gasteiger partial charge in [0.2, 0.25) is 0 Å². The van der Waals surface area contributed by atoms with Gasteiger partial charge in [-0.25, -0.2) is 4.79 Å². The van der Waals surface area contributed by atoms with Gasteiger partial charge >= 0.3 is 16.4 Å². The van der Waals surface area contributed by atoms with Gasteiger partial charge in [0, 0.05) is 5.57 Å². The van der Waals surface area contributed by atoms with E-state index in [1.165, 1.54) is 6.92 Å². The summed E-state index contributed by atoms with van der Waals surface area (Å²) in [7, 11) is -4.67. The summed E-state index contributed by atoms with van der Waals surface area (Å²) in [5, 5.41) is 7.89. The maximum atomic E-state index is 9.60. The molecule has 0 spiro atoms. The van der Waals surface area contributed by atoms with Crippen LogP contribution in [0.2, 0.25) is 0 Å². The second-order valence-corrected chi connectivity index (χ2v) is 2.43. The number of carboxylic acids is 1. The minimum Gasteiger partial charge on any atom is -0.478 e. The molecule has 0 aromatic rings. The molecule has 0 aliphatic carbocycles. The van der Waals surface area contributed by atoms with Crippen LogP contribution < -0.4 is 6.15 Å². The van der Waals surface area contributed by atoms with Crippen LogP contribution in [0.1, 0.15) is 6.92 Å². The zero-order chi connectivity index (χ0) is 9.65. The summed E-state index contributed by atoms with van der Waals surface area (Å²) in [4.78, 5) is 9.60. The van der Waals surface area contributed by atoms with Crippen LogP contribution in [0, 0.1) is 0 Å². The SMILES string of the molecule is C=C(C)C(=O)O.N.O=S(=O)(O)O. The average molecular weight is 201 g/mol. The predicted molar refractivity (Wildman–Crippen MR) is 41.6 cm³/mol. The van der Waals surface area contributed by atoms with Gasteiger partial charge in [0.1, 0.15) is 0 Å². The molecule has 0 heterocycles.